The molecule has 0 spiro atoms. The standard InChI is InChI=1S/C9H16O6/c1-8(10)15-7-6-14-5-4-13-3-2-9(11)12/h2-7H2,1H3,(H,11,12). The Morgan fingerprint density at radius 3 is 2.07 bits per heavy atom. The predicted molar refractivity (Wildman–Crippen MR) is 50.5 cm³/mol. The summed E-state index contributed by atoms with van der Waals surface area (Å²) in [5, 5.41) is 8.28. The minimum atomic E-state index is -0.884. The fraction of sp³-hybridized carbons (Fsp3) is 0.778. The highest BCUT2D eigenvalue weighted by Gasteiger charge is 1.96. The van der Waals surface area contributed by atoms with Crippen molar-refractivity contribution in [1.29, 1.82) is 0 Å². The fourth-order valence-corrected chi connectivity index (χ4v) is 0.726. The number of carbonyl (C=O) groups excluding carboxylic acids is 1. The first kappa shape index (κ1) is 13.9. The van der Waals surface area contributed by atoms with Gasteiger partial charge in [-0.2, -0.15) is 0 Å². The Morgan fingerprint density at radius 1 is 1.00 bits per heavy atom. The van der Waals surface area contributed by atoms with E-state index in [-0.39, 0.29) is 25.6 Å². The summed E-state index contributed by atoms with van der Waals surface area (Å²) in [5.41, 5.74) is 0. The molecule has 0 unspecified atom stereocenters. The molecule has 0 aliphatic rings. The zero-order valence-electron chi connectivity index (χ0n) is 8.73. The molecule has 1 N–H and O–H groups in total. The second-order valence-corrected chi connectivity index (χ2v) is 2.71. The molecular weight excluding hydrogens is 204 g/mol. The van der Waals surface area contributed by atoms with Crippen LogP contribution in [-0.4, -0.2) is 50.1 Å². The average Bonchev–Trinajstić information content (AvgIpc) is 2.14. The molecule has 6 heteroatoms. The lowest BCUT2D eigenvalue weighted by Crippen LogP contribution is -2.12. The summed E-state index contributed by atoms with van der Waals surface area (Å²) < 4.78 is 14.6. The Morgan fingerprint density at radius 2 is 1.53 bits per heavy atom. The van der Waals surface area contributed by atoms with Gasteiger partial charge in [0.2, 0.25) is 0 Å². The second-order valence-electron chi connectivity index (χ2n) is 2.71. The van der Waals surface area contributed by atoms with Crippen LogP contribution in [0.3, 0.4) is 0 Å². The molecule has 6 nitrogen and oxygen atoms in total. The van der Waals surface area contributed by atoms with Crippen LogP contribution in [0.5, 0.6) is 0 Å². The lowest BCUT2D eigenvalue weighted by Gasteiger charge is -2.04. The van der Waals surface area contributed by atoms with Crippen LogP contribution in [0.2, 0.25) is 0 Å². The van der Waals surface area contributed by atoms with Gasteiger partial charge in [0.1, 0.15) is 6.61 Å². The van der Waals surface area contributed by atoms with E-state index in [1.807, 2.05) is 0 Å². The van der Waals surface area contributed by atoms with Crippen molar-refractivity contribution in [2.45, 2.75) is 13.3 Å². The van der Waals surface area contributed by atoms with Crippen molar-refractivity contribution in [2.75, 3.05) is 33.0 Å². The van der Waals surface area contributed by atoms with Gasteiger partial charge in [-0.05, 0) is 0 Å². The van der Waals surface area contributed by atoms with Crippen LogP contribution >= 0.6 is 0 Å². The highest BCUT2D eigenvalue weighted by atomic mass is 16.6. The van der Waals surface area contributed by atoms with Gasteiger partial charge < -0.3 is 19.3 Å². The largest absolute Gasteiger partial charge is 0.481 e. The number of esters is 1. The first-order valence-electron chi connectivity index (χ1n) is 4.63. The van der Waals surface area contributed by atoms with E-state index in [0.29, 0.717) is 19.8 Å². The number of carboxylic acids is 1. The molecule has 0 aromatic heterocycles. The maximum Gasteiger partial charge on any atom is 0.305 e. The van der Waals surface area contributed by atoms with Gasteiger partial charge >= 0.3 is 11.9 Å². The van der Waals surface area contributed by atoms with E-state index in [2.05, 4.69) is 4.74 Å². The van der Waals surface area contributed by atoms with E-state index < -0.39 is 5.97 Å². The molecule has 0 atom stereocenters. The Hall–Kier alpha value is -1.14. The Balaban J connectivity index is 2.99. The summed E-state index contributed by atoms with van der Waals surface area (Å²) in [7, 11) is 0. The first-order chi connectivity index (χ1) is 7.13. The molecule has 88 valence electrons. The number of carbonyl (C=O) groups is 2. The van der Waals surface area contributed by atoms with Gasteiger partial charge in [-0.1, -0.05) is 0 Å². The third kappa shape index (κ3) is 12.9. The zero-order chi connectivity index (χ0) is 11.5. The molecule has 0 rings (SSSR count). The first-order valence-corrected chi connectivity index (χ1v) is 4.63. The molecule has 0 heterocycles. The van der Waals surface area contributed by atoms with Crippen molar-refractivity contribution in [2.24, 2.45) is 0 Å². The molecule has 0 aromatic carbocycles. The molecule has 0 aliphatic heterocycles. The molecule has 0 radical (unpaired) electrons. The van der Waals surface area contributed by atoms with Crippen LogP contribution in [-0.2, 0) is 23.8 Å². The monoisotopic (exact) mass is 220 g/mol. The lowest BCUT2D eigenvalue weighted by atomic mass is 10.5. The molecule has 0 saturated carbocycles. The molecule has 15 heavy (non-hydrogen) atoms. The Bertz CT molecular complexity index is 171. The number of aliphatic carboxylic acids is 1. The SMILES string of the molecule is CC(=O)OCCOCCOCCC(=O)O. The number of ether oxygens (including phenoxy) is 3. The summed E-state index contributed by atoms with van der Waals surface area (Å²) in [4.78, 5) is 20.4. The van der Waals surface area contributed by atoms with Crippen molar-refractivity contribution in [3.63, 3.8) is 0 Å². The minimum Gasteiger partial charge on any atom is -0.481 e. The van der Waals surface area contributed by atoms with Crippen LogP contribution in [0, 0.1) is 0 Å². The topological polar surface area (TPSA) is 82.1 Å². The maximum absolute atomic E-state index is 10.3. The van der Waals surface area contributed by atoms with Gasteiger partial charge in [-0.3, -0.25) is 9.59 Å². The summed E-state index contributed by atoms with van der Waals surface area (Å²) in [6, 6.07) is 0. The predicted octanol–water partition coefficient (Wildman–Crippen LogP) is 0.0574. The van der Waals surface area contributed by atoms with E-state index in [9.17, 15) is 9.59 Å². The smallest absolute Gasteiger partial charge is 0.305 e. The van der Waals surface area contributed by atoms with Gasteiger partial charge in [0, 0.05) is 6.92 Å². The van der Waals surface area contributed by atoms with Crippen molar-refractivity contribution in [1.82, 2.24) is 0 Å². The van der Waals surface area contributed by atoms with E-state index in [4.69, 9.17) is 14.6 Å². The summed E-state index contributed by atoms with van der Waals surface area (Å²) >= 11 is 0. The van der Waals surface area contributed by atoms with Gasteiger partial charge in [0.15, 0.2) is 0 Å². The second kappa shape index (κ2) is 9.42. The molecule has 0 fully saturated rings. The fourth-order valence-electron chi connectivity index (χ4n) is 0.726. The highest BCUT2D eigenvalue weighted by molar-refractivity contribution is 5.66. The lowest BCUT2D eigenvalue weighted by molar-refractivity contribution is -0.142. The third-order valence-corrected chi connectivity index (χ3v) is 1.37. The van der Waals surface area contributed by atoms with Crippen LogP contribution in [0.15, 0.2) is 0 Å². The van der Waals surface area contributed by atoms with Crippen LogP contribution in [0.1, 0.15) is 13.3 Å². The number of rotatable bonds is 9. The zero-order valence-corrected chi connectivity index (χ0v) is 8.73. The Labute approximate surface area is 88.1 Å². The molecule has 0 saturated heterocycles. The molecule has 0 bridgehead atoms. The van der Waals surface area contributed by atoms with Gasteiger partial charge in [-0.25, -0.2) is 0 Å². The van der Waals surface area contributed by atoms with Crippen LogP contribution in [0.4, 0.5) is 0 Å². The van der Waals surface area contributed by atoms with Crippen LogP contribution in [0.25, 0.3) is 0 Å². The van der Waals surface area contributed by atoms with Crippen molar-refractivity contribution < 1.29 is 28.9 Å². The molecule has 0 aliphatic carbocycles. The number of hydrogen-bond donors (Lipinski definition) is 1. The third-order valence-electron chi connectivity index (χ3n) is 1.37. The van der Waals surface area contributed by atoms with Gasteiger partial charge in [0.25, 0.3) is 0 Å². The quantitative estimate of drug-likeness (QED) is 0.437. The summed E-state index contributed by atoms with van der Waals surface area (Å²) in [6.07, 6.45) is -0.00650. The summed E-state index contributed by atoms with van der Waals surface area (Å²) in [6.45, 7) is 2.76. The molecule has 0 aromatic rings. The Kier molecular flexibility index (Phi) is 8.70. The van der Waals surface area contributed by atoms with Crippen molar-refractivity contribution in [3.05, 3.63) is 0 Å². The van der Waals surface area contributed by atoms with Gasteiger partial charge in [0.05, 0.1) is 32.8 Å². The van der Waals surface area contributed by atoms with Crippen LogP contribution < -0.4 is 0 Å². The maximum atomic E-state index is 10.3. The normalized spacial score (nSPS) is 9.93. The average molecular weight is 220 g/mol. The van der Waals surface area contributed by atoms with Crippen molar-refractivity contribution >= 4 is 11.9 Å². The minimum absolute atomic E-state index is 0.00650. The highest BCUT2D eigenvalue weighted by Crippen LogP contribution is 1.84. The van der Waals surface area contributed by atoms with E-state index in [0.717, 1.165) is 0 Å². The van der Waals surface area contributed by atoms with E-state index in [1.165, 1.54) is 6.92 Å². The molecular formula is C9H16O6. The summed E-state index contributed by atoms with van der Waals surface area (Å²) in [5.74, 6) is -1.22. The van der Waals surface area contributed by atoms with E-state index in [1.54, 1.807) is 0 Å². The number of carboxylic acid groups (broad SMARTS) is 1. The molecule has 0 amide bonds. The van der Waals surface area contributed by atoms with Gasteiger partial charge in [-0.15, -0.1) is 0 Å². The van der Waals surface area contributed by atoms with Crippen molar-refractivity contribution in [3.8, 4) is 0 Å². The number of hydrogen-bond acceptors (Lipinski definition) is 5. The van der Waals surface area contributed by atoms with E-state index >= 15 is 0 Å².